The van der Waals surface area contributed by atoms with E-state index in [0.29, 0.717) is 0 Å². The third kappa shape index (κ3) is 2.52. The van der Waals surface area contributed by atoms with Gasteiger partial charge in [-0.05, 0) is 12.5 Å². The fourth-order valence-corrected chi connectivity index (χ4v) is 2.29. The van der Waals surface area contributed by atoms with E-state index in [1.165, 1.54) is 16.9 Å². The standard InChI is InChI=1S/C12H15N3S/c1-2-15(12-14-8-11(13)16-12)9-10-6-4-3-5-7-10/h3-8H,2,9,13H2,1H3. The maximum Gasteiger partial charge on any atom is 0.187 e. The molecule has 1 heterocycles. The Labute approximate surface area is 99.5 Å². The van der Waals surface area contributed by atoms with Crippen LogP contribution >= 0.6 is 11.3 Å². The lowest BCUT2D eigenvalue weighted by Crippen LogP contribution is -2.21. The van der Waals surface area contributed by atoms with Crippen LogP contribution in [0.4, 0.5) is 10.1 Å². The molecule has 0 aliphatic rings. The Morgan fingerprint density at radius 3 is 2.62 bits per heavy atom. The number of hydrogen-bond donors (Lipinski definition) is 1. The smallest absolute Gasteiger partial charge is 0.187 e. The molecule has 0 bridgehead atoms. The molecule has 0 radical (unpaired) electrons. The van der Waals surface area contributed by atoms with Gasteiger partial charge in [0.2, 0.25) is 0 Å². The maximum atomic E-state index is 5.69. The quantitative estimate of drug-likeness (QED) is 0.883. The largest absolute Gasteiger partial charge is 0.389 e. The zero-order chi connectivity index (χ0) is 11.4. The van der Waals surface area contributed by atoms with Crippen molar-refractivity contribution in [2.75, 3.05) is 17.2 Å². The summed E-state index contributed by atoms with van der Waals surface area (Å²) in [6, 6.07) is 10.4. The SMILES string of the molecule is CCN(Cc1ccccc1)c1ncc(N)s1. The number of anilines is 2. The summed E-state index contributed by atoms with van der Waals surface area (Å²) in [6.45, 7) is 3.94. The Morgan fingerprint density at radius 2 is 2.06 bits per heavy atom. The number of aromatic nitrogens is 1. The highest BCUT2D eigenvalue weighted by Gasteiger charge is 2.08. The van der Waals surface area contributed by atoms with Crippen LogP contribution in [0.2, 0.25) is 0 Å². The summed E-state index contributed by atoms with van der Waals surface area (Å²) in [6.07, 6.45) is 1.72. The third-order valence-corrected chi connectivity index (χ3v) is 3.27. The second-order valence-corrected chi connectivity index (χ2v) is 4.59. The minimum Gasteiger partial charge on any atom is -0.389 e. The second-order valence-electron chi connectivity index (χ2n) is 3.54. The molecule has 0 unspecified atom stereocenters. The van der Waals surface area contributed by atoms with Gasteiger partial charge in [0.15, 0.2) is 5.13 Å². The van der Waals surface area contributed by atoms with Gasteiger partial charge in [0.05, 0.1) is 6.20 Å². The molecule has 0 fully saturated rings. The first-order chi connectivity index (χ1) is 7.79. The van der Waals surface area contributed by atoms with E-state index in [1.807, 2.05) is 6.07 Å². The van der Waals surface area contributed by atoms with E-state index in [2.05, 4.69) is 41.1 Å². The van der Waals surface area contributed by atoms with Crippen molar-refractivity contribution in [3.8, 4) is 0 Å². The van der Waals surface area contributed by atoms with Gasteiger partial charge in [0.1, 0.15) is 5.00 Å². The van der Waals surface area contributed by atoms with E-state index in [9.17, 15) is 0 Å². The van der Waals surface area contributed by atoms with Crippen LogP contribution in [0.25, 0.3) is 0 Å². The summed E-state index contributed by atoms with van der Waals surface area (Å²) in [7, 11) is 0. The molecular formula is C12H15N3S. The number of rotatable bonds is 4. The van der Waals surface area contributed by atoms with Crippen molar-refractivity contribution in [2.45, 2.75) is 13.5 Å². The summed E-state index contributed by atoms with van der Waals surface area (Å²) >= 11 is 1.53. The molecule has 0 saturated carbocycles. The van der Waals surface area contributed by atoms with E-state index in [0.717, 1.165) is 23.2 Å². The van der Waals surface area contributed by atoms with Crippen LogP contribution in [-0.4, -0.2) is 11.5 Å². The lowest BCUT2D eigenvalue weighted by Gasteiger charge is -2.19. The van der Waals surface area contributed by atoms with Crippen LogP contribution in [0.15, 0.2) is 36.5 Å². The molecule has 0 amide bonds. The number of hydrogen-bond acceptors (Lipinski definition) is 4. The molecular weight excluding hydrogens is 218 g/mol. The summed E-state index contributed by atoms with van der Waals surface area (Å²) in [5.74, 6) is 0. The third-order valence-electron chi connectivity index (χ3n) is 2.38. The first kappa shape index (κ1) is 11.0. The Balaban J connectivity index is 2.12. The van der Waals surface area contributed by atoms with Crippen molar-refractivity contribution < 1.29 is 0 Å². The van der Waals surface area contributed by atoms with Crippen LogP contribution in [0.1, 0.15) is 12.5 Å². The molecule has 16 heavy (non-hydrogen) atoms. The van der Waals surface area contributed by atoms with Crippen molar-refractivity contribution in [3.05, 3.63) is 42.1 Å². The summed E-state index contributed by atoms with van der Waals surface area (Å²) in [5.41, 5.74) is 6.98. The Morgan fingerprint density at radius 1 is 1.31 bits per heavy atom. The first-order valence-electron chi connectivity index (χ1n) is 5.29. The number of thiazole rings is 1. The molecule has 1 aromatic heterocycles. The summed E-state index contributed by atoms with van der Waals surface area (Å²) < 4.78 is 0. The highest BCUT2D eigenvalue weighted by Crippen LogP contribution is 2.25. The van der Waals surface area contributed by atoms with Gasteiger partial charge < -0.3 is 10.6 Å². The number of nitrogen functional groups attached to an aromatic ring is 1. The number of nitrogens with two attached hydrogens (primary N) is 1. The molecule has 2 aromatic rings. The molecule has 0 spiro atoms. The van der Waals surface area contributed by atoms with Crippen molar-refractivity contribution >= 4 is 21.5 Å². The van der Waals surface area contributed by atoms with Crippen LogP contribution < -0.4 is 10.6 Å². The van der Waals surface area contributed by atoms with Gasteiger partial charge in [0, 0.05) is 13.1 Å². The van der Waals surface area contributed by atoms with Gasteiger partial charge in [0.25, 0.3) is 0 Å². The zero-order valence-corrected chi connectivity index (χ0v) is 10.1. The molecule has 0 atom stereocenters. The van der Waals surface area contributed by atoms with Gasteiger partial charge in [-0.3, -0.25) is 0 Å². The van der Waals surface area contributed by atoms with Gasteiger partial charge in [-0.15, -0.1) is 0 Å². The van der Waals surface area contributed by atoms with Crippen molar-refractivity contribution in [1.82, 2.24) is 4.98 Å². The van der Waals surface area contributed by atoms with Crippen molar-refractivity contribution in [3.63, 3.8) is 0 Å². The fraction of sp³-hybridized carbons (Fsp3) is 0.250. The predicted molar refractivity (Wildman–Crippen MR) is 69.7 cm³/mol. The van der Waals surface area contributed by atoms with E-state index >= 15 is 0 Å². The molecule has 2 rings (SSSR count). The van der Waals surface area contributed by atoms with Crippen molar-refractivity contribution in [2.24, 2.45) is 0 Å². The molecule has 84 valence electrons. The average Bonchev–Trinajstić information content (AvgIpc) is 2.74. The number of nitrogens with zero attached hydrogens (tertiary/aromatic N) is 2. The topological polar surface area (TPSA) is 42.2 Å². The van der Waals surface area contributed by atoms with E-state index in [4.69, 9.17) is 5.73 Å². The summed E-state index contributed by atoms with van der Waals surface area (Å²) in [5, 5.41) is 1.75. The molecule has 3 nitrogen and oxygen atoms in total. The van der Waals surface area contributed by atoms with Crippen LogP contribution in [0.5, 0.6) is 0 Å². The number of benzene rings is 1. The Bertz CT molecular complexity index is 439. The maximum absolute atomic E-state index is 5.69. The molecule has 1 aromatic carbocycles. The zero-order valence-electron chi connectivity index (χ0n) is 9.26. The van der Waals surface area contributed by atoms with E-state index in [1.54, 1.807) is 6.20 Å². The predicted octanol–water partition coefficient (Wildman–Crippen LogP) is 2.75. The fourth-order valence-electron chi connectivity index (χ4n) is 1.54. The lowest BCUT2D eigenvalue weighted by atomic mass is 10.2. The first-order valence-corrected chi connectivity index (χ1v) is 6.11. The average molecular weight is 233 g/mol. The second kappa shape index (κ2) is 4.99. The minimum absolute atomic E-state index is 0.765. The van der Waals surface area contributed by atoms with E-state index < -0.39 is 0 Å². The minimum atomic E-state index is 0.765. The van der Waals surface area contributed by atoms with Gasteiger partial charge >= 0.3 is 0 Å². The Hall–Kier alpha value is -1.55. The normalized spacial score (nSPS) is 10.3. The van der Waals surface area contributed by atoms with E-state index in [-0.39, 0.29) is 0 Å². The monoisotopic (exact) mass is 233 g/mol. The molecule has 4 heteroatoms. The molecule has 0 saturated heterocycles. The van der Waals surface area contributed by atoms with Gasteiger partial charge in [-0.25, -0.2) is 4.98 Å². The van der Waals surface area contributed by atoms with Crippen LogP contribution in [0, 0.1) is 0 Å². The lowest BCUT2D eigenvalue weighted by molar-refractivity contribution is 0.826. The highest BCUT2D eigenvalue weighted by molar-refractivity contribution is 7.19. The van der Waals surface area contributed by atoms with Gasteiger partial charge in [-0.1, -0.05) is 41.7 Å². The Kier molecular flexibility index (Phi) is 3.41. The highest BCUT2D eigenvalue weighted by atomic mass is 32.1. The molecule has 0 aliphatic heterocycles. The van der Waals surface area contributed by atoms with Crippen LogP contribution in [0.3, 0.4) is 0 Å². The summed E-state index contributed by atoms with van der Waals surface area (Å²) in [4.78, 5) is 6.52. The molecule has 2 N–H and O–H groups in total. The molecule has 0 aliphatic carbocycles. The van der Waals surface area contributed by atoms with Crippen LogP contribution in [-0.2, 0) is 6.54 Å². The van der Waals surface area contributed by atoms with Gasteiger partial charge in [-0.2, -0.15) is 0 Å². The van der Waals surface area contributed by atoms with Crippen molar-refractivity contribution in [1.29, 1.82) is 0 Å².